The lowest BCUT2D eigenvalue weighted by atomic mass is 10.0. The number of pyridine rings is 1. The van der Waals surface area contributed by atoms with Crippen LogP contribution in [0.25, 0.3) is 11.1 Å². The molecular weight excluding hydrogens is 244 g/mol. The van der Waals surface area contributed by atoms with Crippen molar-refractivity contribution in [3.63, 3.8) is 0 Å². The lowest BCUT2D eigenvalue weighted by Gasteiger charge is -2.14. The molecule has 1 aromatic carbocycles. The van der Waals surface area contributed by atoms with E-state index in [1.54, 1.807) is 0 Å². The Bertz CT molecular complexity index is 504. The molecule has 108 valence electrons. The maximum atomic E-state index is 4.55. The van der Waals surface area contributed by atoms with Crippen molar-refractivity contribution < 1.29 is 0 Å². The maximum absolute atomic E-state index is 4.55. The lowest BCUT2D eigenvalue weighted by Crippen LogP contribution is -2.12. The highest BCUT2D eigenvalue weighted by atomic mass is 15.0. The van der Waals surface area contributed by atoms with Crippen LogP contribution in [0.4, 0.5) is 5.82 Å². The fourth-order valence-corrected chi connectivity index (χ4v) is 1.97. The molecule has 1 heterocycles. The molecule has 0 unspecified atom stereocenters. The lowest BCUT2D eigenvalue weighted by molar-refractivity contribution is 0.881. The molecule has 0 fully saturated rings. The van der Waals surface area contributed by atoms with Gasteiger partial charge in [-0.3, -0.25) is 0 Å². The molecule has 2 aromatic rings. The van der Waals surface area contributed by atoms with E-state index in [1.807, 2.05) is 26.1 Å². The van der Waals surface area contributed by atoms with Crippen molar-refractivity contribution in [3.8, 4) is 11.1 Å². The van der Waals surface area contributed by atoms with Crippen molar-refractivity contribution in [1.82, 2.24) is 4.98 Å². The highest BCUT2D eigenvalue weighted by Crippen LogP contribution is 2.23. The molecule has 1 aromatic heterocycles. The van der Waals surface area contributed by atoms with Crippen LogP contribution >= 0.6 is 0 Å². The zero-order chi connectivity index (χ0) is 15.0. The van der Waals surface area contributed by atoms with E-state index in [9.17, 15) is 0 Å². The first-order chi connectivity index (χ1) is 9.70. The normalized spacial score (nSPS) is 9.90. The Hall–Kier alpha value is -1.83. The summed E-state index contributed by atoms with van der Waals surface area (Å²) < 4.78 is 0. The van der Waals surface area contributed by atoms with Crippen LogP contribution in [0.1, 0.15) is 40.2 Å². The Morgan fingerprint density at radius 1 is 1.05 bits per heavy atom. The van der Waals surface area contributed by atoms with E-state index in [1.165, 1.54) is 16.7 Å². The van der Waals surface area contributed by atoms with Gasteiger partial charge in [0, 0.05) is 17.8 Å². The first-order valence-electron chi connectivity index (χ1n) is 7.51. The Morgan fingerprint density at radius 3 is 2.25 bits per heavy atom. The van der Waals surface area contributed by atoms with Gasteiger partial charge in [0.25, 0.3) is 0 Å². The predicted octanol–water partition coefficient (Wildman–Crippen LogP) is 5.16. The molecule has 0 saturated carbocycles. The summed E-state index contributed by atoms with van der Waals surface area (Å²) in [6, 6.07) is 13.0. The third-order valence-electron chi connectivity index (χ3n) is 2.88. The molecule has 20 heavy (non-hydrogen) atoms. The predicted molar refractivity (Wildman–Crippen MR) is 89.2 cm³/mol. The van der Waals surface area contributed by atoms with Crippen LogP contribution in [0.3, 0.4) is 0 Å². The average Bonchev–Trinajstić information content (AvgIpc) is 2.50. The highest BCUT2D eigenvalue weighted by Gasteiger charge is 2.06. The van der Waals surface area contributed by atoms with Crippen molar-refractivity contribution in [2.24, 2.45) is 0 Å². The van der Waals surface area contributed by atoms with Gasteiger partial charge in [-0.25, -0.2) is 4.98 Å². The molecule has 0 aliphatic heterocycles. The summed E-state index contributed by atoms with van der Waals surface area (Å²) in [5.74, 6) is 1.01. The SMILES string of the molecule is CC.CCc1cc(-c2ccccc2)cnc1NC(C)C. The third kappa shape index (κ3) is 4.37. The van der Waals surface area contributed by atoms with E-state index in [-0.39, 0.29) is 0 Å². The Morgan fingerprint density at radius 2 is 1.70 bits per heavy atom. The van der Waals surface area contributed by atoms with E-state index in [2.05, 4.69) is 61.4 Å². The molecule has 0 amide bonds. The topological polar surface area (TPSA) is 24.9 Å². The Labute approximate surface area is 123 Å². The van der Waals surface area contributed by atoms with Crippen molar-refractivity contribution in [1.29, 1.82) is 0 Å². The molecule has 0 spiro atoms. The van der Waals surface area contributed by atoms with E-state index < -0.39 is 0 Å². The molecular formula is C18H26N2. The van der Waals surface area contributed by atoms with Gasteiger partial charge in [-0.2, -0.15) is 0 Å². The standard InChI is InChI=1S/C16H20N2.C2H6/c1-4-13-10-15(14-8-6-5-7-9-14)11-17-16(13)18-12(2)3;1-2/h5-12H,4H2,1-3H3,(H,17,18);1-2H3. The van der Waals surface area contributed by atoms with Crippen LogP contribution in [-0.2, 0) is 6.42 Å². The number of hydrogen-bond donors (Lipinski definition) is 1. The van der Waals surface area contributed by atoms with Crippen LogP contribution in [0.5, 0.6) is 0 Å². The minimum absolute atomic E-state index is 0.408. The number of aryl methyl sites for hydroxylation is 1. The number of nitrogens with one attached hydrogen (secondary N) is 1. The van der Waals surface area contributed by atoms with E-state index in [4.69, 9.17) is 0 Å². The molecule has 0 aliphatic carbocycles. The van der Waals surface area contributed by atoms with Crippen LogP contribution in [0.2, 0.25) is 0 Å². The van der Waals surface area contributed by atoms with E-state index in [0.29, 0.717) is 6.04 Å². The van der Waals surface area contributed by atoms with Gasteiger partial charge in [0.2, 0.25) is 0 Å². The van der Waals surface area contributed by atoms with Crippen molar-refractivity contribution in [2.45, 2.75) is 47.1 Å². The zero-order valence-electron chi connectivity index (χ0n) is 13.3. The molecule has 0 radical (unpaired) electrons. The maximum Gasteiger partial charge on any atom is 0.129 e. The summed E-state index contributed by atoms with van der Waals surface area (Å²) in [6.45, 7) is 10.4. The Kier molecular flexibility index (Phi) is 6.78. The van der Waals surface area contributed by atoms with Crippen LogP contribution in [0.15, 0.2) is 42.6 Å². The fourth-order valence-electron chi connectivity index (χ4n) is 1.97. The number of anilines is 1. The number of aromatic nitrogens is 1. The second-order valence-corrected chi connectivity index (χ2v) is 4.75. The van der Waals surface area contributed by atoms with Gasteiger partial charge in [0.1, 0.15) is 5.82 Å². The summed E-state index contributed by atoms with van der Waals surface area (Å²) in [5, 5.41) is 3.39. The van der Waals surface area contributed by atoms with Gasteiger partial charge in [-0.05, 0) is 37.5 Å². The second kappa shape index (κ2) is 8.36. The first kappa shape index (κ1) is 16.2. The summed E-state index contributed by atoms with van der Waals surface area (Å²) in [6.07, 6.45) is 2.93. The molecule has 1 N–H and O–H groups in total. The van der Waals surface area contributed by atoms with Crippen molar-refractivity contribution in [2.75, 3.05) is 5.32 Å². The van der Waals surface area contributed by atoms with Gasteiger partial charge >= 0.3 is 0 Å². The minimum atomic E-state index is 0.408. The van der Waals surface area contributed by atoms with Crippen molar-refractivity contribution >= 4 is 5.82 Å². The number of nitrogens with zero attached hydrogens (tertiary/aromatic N) is 1. The van der Waals surface area contributed by atoms with E-state index >= 15 is 0 Å². The molecule has 0 bridgehead atoms. The number of rotatable bonds is 4. The van der Waals surface area contributed by atoms with E-state index in [0.717, 1.165) is 12.2 Å². The fraction of sp³-hybridized carbons (Fsp3) is 0.389. The van der Waals surface area contributed by atoms with Gasteiger partial charge in [-0.1, -0.05) is 51.1 Å². The average molecular weight is 270 g/mol. The highest BCUT2D eigenvalue weighted by molar-refractivity contribution is 5.65. The van der Waals surface area contributed by atoms with Gasteiger partial charge < -0.3 is 5.32 Å². The summed E-state index contributed by atoms with van der Waals surface area (Å²) >= 11 is 0. The molecule has 2 rings (SSSR count). The first-order valence-corrected chi connectivity index (χ1v) is 7.51. The molecule has 0 atom stereocenters. The molecule has 2 nitrogen and oxygen atoms in total. The van der Waals surface area contributed by atoms with Gasteiger partial charge in [-0.15, -0.1) is 0 Å². The monoisotopic (exact) mass is 270 g/mol. The Balaban J connectivity index is 0.000000956. The van der Waals surface area contributed by atoms with Gasteiger partial charge in [0.05, 0.1) is 0 Å². The smallest absolute Gasteiger partial charge is 0.129 e. The third-order valence-corrected chi connectivity index (χ3v) is 2.88. The summed E-state index contributed by atoms with van der Waals surface area (Å²) in [4.78, 5) is 4.55. The minimum Gasteiger partial charge on any atom is -0.368 e. The van der Waals surface area contributed by atoms with Crippen molar-refractivity contribution in [3.05, 3.63) is 48.2 Å². The molecule has 0 saturated heterocycles. The number of hydrogen-bond acceptors (Lipinski definition) is 2. The molecule has 0 aliphatic rings. The quantitative estimate of drug-likeness (QED) is 0.830. The van der Waals surface area contributed by atoms with Crippen LogP contribution in [-0.4, -0.2) is 11.0 Å². The summed E-state index contributed by atoms with van der Waals surface area (Å²) in [7, 11) is 0. The summed E-state index contributed by atoms with van der Waals surface area (Å²) in [5.41, 5.74) is 3.67. The second-order valence-electron chi connectivity index (χ2n) is 4.75. The number of benzene rings is 1. The largest absolute Gasteiger partial charge is 0.368 e. The van der Waals surface area contributed by atoms with Gasteiger partial charge in [0.15, 0.2) is 0 Å². The van der Waals surface area contributed by atoms with Crippen LogP contribution in [0, 0.1) is 0 Å². The van der Waals surface area contributed by atoms with Crippen LogP contribution < -0.4 is 5.32 Å². The molecule has 2 heteroatoms. The zero-order valence-corrected chi connectivity index (χ0v) is 13.3.